The van der Waals surface area contributed by atoms with Crippen molar-refractivity contribution >= 4 is 27.8 Å². The molecule has 3 rings (SSSR count). The highest BCUT2D eigenvalue weighted by Crippen LogP contribution is 2.28. The summed E-state index contributed by atoms with van der Waals surface area (Å²) in [6.07, 6.45) is 0. The van der Waals surface area contributed by atoms with Crippen molar-refractivity contribution in [1.82, 2.24) is 4.98 Å². The number of H-pyrrole nitrogens is 1. The first-order valence-corrected chi connectivity index (χ1v) is 6.39. The van der Waals surface area contributed by atoms with Gasteiger partial charge in [0.15, 0.2) is 0 Å². The quantitative estimate of drug-likeness (QED) is 0.706. The number of hydrogen-bond acceptors (Lipinski definition) is 2. The molecule has 0 saturated carbocycles. The van der Waals surface area contributed by atoms with Crippen molar-refractivity contribution in [3.05, 3.63) is 47.5 Å². The van der Waals surface area contributed by atoms with Gasteiger partial charge in [0.25, 0.3) is 0 Å². The molecule has 0 saturated heterocycles. The van der Waals surface area contributed by atoms with Crippen LogP contribution < -0.4 is 0 Å². The smallest absolute Gasteiger partial charge is 0.338 e. The molecular formula is C16H15NO2. The number of esters is 1. The Morgan fingerprint density at radius 2 is 2.00 bits per heavy atom. The first kappa shape index (κ1) is 11.8. The van der Waals surface area contributed by atoms with Crippen LogP contribution >= 0.6 is 0 Å². The van der Waals surface area contributed by atoms with Crippen molar-refractivity contribution in [1.29, 1.82) is 0 Å². The molecule has 0 spiro atoms. The zero-order valence-corrected chi connectivity index (χ0v) is 11.0. The first-order chi connectivity index (χ1) is 9.20. The van der Waals surface area contributed by atoms with Gasteiger partial charge in [0, 0.05) is 21.8 Å². The summed E-state index contributed by atoms with van der Waals surface area (Å²) in [6, 6.07) is 11.9. The Bertz CT molecular complexity index is 771. The molecule has 0 aliphatic rings. The van der Waals surface area contributed by atoms with Crippen molar-refractivity contribution in [2.75, 3.05) is 6.61 Å². The molecule has 1 heterocycles. The van der Waals surface area contributed by atoms with Gasteiger partial charge in [0.1, 0.15) is 0 Å². The number of rotatable bonds is 2. The molecule has 0 radical (unpaired) electrons. The van der Waals surface area contributed by atoms with Gasteiger partial charge in [-0.15, -0.1) is 0 Å². The molecule has 19 heavy (non-hydrogen) atoms. The van der Waals surface area contributed by atoms with E-state index < -0.39 is 0 Å². The molecular weight excluding hydrogens is 238 g/mol. The molecule has 3 heteroatoms. The minimum absolute atomic E-state index is 0.266. The van der Waals surface area contributed by atoms with E-state index in [4.69, 9.17) is 4.74 Å². The molecule has 3 nitrogen and oxygen atoms in total. The van der Waals surface area contributed by atoms with E-state index in [-0.39, 0.29) is 5.97 Å². The highest BCUT2D eigenvalue weighted by atomic mass is 16.5. The molecule has 0 bridgehead atoms. The molecule has 0 atom stereocenters. The van der Waals surface area contributed by atoms with Gasteiger partial charge >= 0.3 is 5.97 Å². The van der Waals surface area contributed by atoms with Crippen LogP contribution in [0.1, 0.15) is 22.8 Å². The molecule has 1 N–H and O–H groups in total. The Kier molecular flexibility index (Phi) is 2.75. The van der Waals surface area contributed by atoms with Crippen molar-refractivity contribution < 1.29 is 9.53 Å². The number of nitrogens with one attached hydrogen (secondary N) is 1. The number of carbonyl (C=O) groups excluding carboxylic acids is 1. The van der Waals surface area contributed by atoms with E-state index >= 15 is 0 Å². The van der Waals surface area contributed by atoms with E-state index in [0.29, 0.717) is 12.2 Å². The lowest BCUT2D eigenvalue weighted by molar-refractivity contribution is 0.0526. The summed E-state index contributed by atoms with van der Waals surface area (Å²) in [4.78, 5) is 15.3. The van der Waals surface area contributed by atoms with Crippen LogP contribution in [0.4, 0.5) is 0 Å². The van der Waals surface area contributed by atoms with Gasteiger partial charge in [0.2, 0.25) is 0 Å². The minimum Gasteiger partial charge on any atom is -0.462 e. The van der Waals surface area contributed by atoms with Crippen LogP contribution in [0.25, 0.3) is 21.8 Å². The van der Waals surface area contributed by atoms with Crippen LogP contribution in [0.15, 0.2) is 36.4 Å². The second-order valence-electron chi connectivity index (χ2n) is 4.61. The molecule has 2 aromatic carbocycles. The third kappa shape index (κ3) is 1.87. The lowest BCUT2D eigenvalue weighted by Crippen LogP contribution is -2.04. The van der Waals surface area contributed by atoms with Gasteiger partial charge in [-0.05, 0) is 37.6 Å². The van der Waals surface area contributed by atoms with Gasteiger partial charge in [-0.2, -0.15) is 0 Å². The number of aromatic nitrogens is 1. The lowest BCUT2D eigenvalue weighted by atomic mass is 10.1. The molecule has 96 valence electrons. The first-order valence-electron chi connectivity index (χ1n) is 6.39. The summed E-state index contributed by atoms with van der Waals surface area (Å²) >= 11 is 0. The van der Waals surface area contributed by atoms with E-state index in [1.165, 1.54) is 0 Å². The van der Waals surface area contributed by atoms with Crippen LogP contribution in [0.2, 0.25) is 0 Å². The summed E-state index contributed by atoms with van der Waals surface area (Å²) in [7, 11) is 0. The number of hydrogen-bond donors (Lipinski definition) is 1. The van der Waals surface area contributed by atoms with E-state index in [1.54, 1.807) is 0 Å². The zero-order valence-electron chi connectivity index (χ0n) is 11.0. The number of benzene rings is 2. The average molecular weight is 253 g/mol. The maximum absolute atomic E-state index is 11.9. The fourth-order valence-corrected chi connectivity index (χ4v) is 2.46. The Balaban J connectivity index is 2.29. The van der Waals surface area contributed by atoms with Crippen molar-refractivity contribution in [2.45, 2.75) is 13.8 Å². The van der Waals surface area contributed by atoms with E-state index in [1.807, 2.05) is 44.2 Å². The minimum atomic E-state index is -0.266. The fraction of sp³-hybridized carbons (Fsp3) is 0.188. The maximum atomic E-state index is 11.9. The Hall–Kier alpha value is -2.29. The number of para-hydroxylation sites is 1. The molecule has 0 unspecified atom stereocenters. The largest absolute Gasteiger partial charge is 0.462 e. The lowest BCUT2D eigenvalue weighted by Gasteiger charge is -2.04. The van der Waals surface area contributed by atoms with Gasteiger partial charge in [-0.1, -0.05) is 18.2 Å². The summed E-state index contributed by atoms with van der Waals surface area (Å²) in [5.41, 5.74) is 3.82. The van der Waals surface area contributed by atoms with Crippen molar-refractivity contribution in [3.8, 4) is 0 Å². The van der Waals surface area contributed by atoms with Gasteiger partial charge in [-0.25, -0.2) is 4.79 Å². The Morgan fingerprint density at radius 3 is 2.79 bits per heavy atom. The summed E-state index contributed by atoms with van der Waals surface area (Å²) in [5, 5.41) is 2.20. The summed E-state index contributed by atoms with van der Waals surface area (Å²) < 4.78 is 5.07. The molecule has 0 amide bonds. The SMILES string of the molecule is CCOC(=O)c1cc(C)c2[nH]c3ccccc3c2c1. The third-order valence-electron chi connectivity index (χ3n) is 3.32. The highest BCUT2D eigenvalue weighted by Gasteiger charge is 2.12. The normalized spacial score (nSPS) is 11.1. The molecule has 0 aliphatic heterocycles. The predicted molar refractivity (Wildman–Crippen MR) is 76.5 cm³/mol. The second kappa shape index (κ2) is 4.43. The van der Waals surface area contributed by atoms with Crippen molar-refractivity contribution in [3.63, 3.8) is 0 Å². The zero-order chi connectivity index (χ0) is 13.4. The molecule has 3 aromatic rings. The van der Waals surface area contributed by atoms with Gasteiger partial charge in [0.05, 0.1) is 12.2 Å². The maximum Gasteiger partial charge on any atom is 0.338 e. The molecule has 1 aromatic heterocycles. The summed E-state index contributed by atoms with van der Waals surface area (Å²) in [6.45, 7) is 4.21. The van der Waals surface area contributed by atoms with Gasteiger partial charge < -0.3 is 9.72 Å². The van der Waals surface area contributed by atoms with Crippen LogP contribution in [0, 0.1) is 6.92 Å². The monoisotopic (exact) mass is 253 g/mol. The standard InChI is InChI=1S/C16H15NO2/c1-3-19-16(18)11-8-10(2)15-13(9-11)12-6-4-5-7-14(12)17-15/h4-9,17H,3H2,1-2H3. The summed E-state index contributed by atoms with van der Waals surface area (Å²) in [5.74, 6) is -0.266. The third-order valence-corrected chi connectivity index (χ3v) is 3.32. The molecule has 0 aliphatic carbocycles. The predicted octanol–water partition coefficient (Wildman–Crippen LogP) is 3.81. The van der Waals surface area contributed by atoms with E-state index in [9.17, 15) is 4.79 Å². The van der Waals surface area contributed by atoms with E-state index in [0.717, 1.165) is 27.4 Å². The Morgan fingerprint density at radius 1 is 1.21 bits per heavy atom. The van der Waals surface area contributed by atoms with Crippen LogP contribution in [0.5, 0.6) is 0 Å². The Labute approximate surface area is 111 Å². The van der Waals surface area contributed by atoms with Gasteiger partial charge in [-0.3, -0.25) is 0 Å². The second-order valence-corrected chi connectivity index (χ2v) is 4.61. The van der Waals surface area contributed by atoms with Crippen LogP contribution in [-0.2, 0) is 4.74 Å². The van der Waals surface area contributed by atoms with Crippen molar-refractivity contribution in [2.24, 2.45) is 0 Å². The number of aromatic amines is 1. The number of aryl methyl sites for hydroxylation is 1. The average Bonchev–Trinajstić information content (AvgIpc) is 2.78. The van der Waals surface area contributed by atoms with Crippen LogP contribution in [0.3, 0.4) is 0 Å². The number of fused-ring (bicyclic) bond motifs is 3. The van der Waals surface area contributed by atoms with E-state index in [2.05, 4.69) is 11.1 Å². The number of ether oxygens (including phenoxy) is 1. The fourth-order valence-electron chi connectivity index (χ4n) is 2.46. The number of carbonyl (C=O) groups is 1. The van der Waals surface area contributed by atoms with Crippen LogP contribution in [-0.4, -0.2) is 17.6 Å². The highest BCUT2D eigenvalue weighted by molar-refractivity contribution is 6.10. The molecule has 0 fully saturated rings. The topological polar surface area (TPSA) is 42.1 Å².